The first-order valence-corrected chi connectivity index (χ1v) is 4.68. The van der Waals surface area contributed by atoms with Crippen molar-refractivity contribution in [2.24, 2.45) is 5.16 Å². The Morgan fingerprint density at radius 2 is 2.06 bits per heavy atom. The van der Waals surface area contributed by atoms with Crippen molar-refractivity contribution in [3.63, 3.8) is 0 Å². The summed E-state index contributed by atoms with van der Waals surface area (Å²) in [5, 5.41) is 11.2. The van der Waals surface area contributed by atoms with E-state index in [-0.39, 0.29) is 6.61 Å². The zero-order valence-electron chi connectivity index (χ0n) is 8.84. The minimum atomic E-state index is -1.28. The first-order valence-electron chi connectivity index (χ1n) is 4.68. The van der Waals surface area contributed by atoms with Crippen molar-refractivity contribution < 1.29 is 29.1 Å². The maximum Gasteiger partial charge on any atom is 0.535 e. The third kappa shape index (κ3) is 8.67. The van der Waals surface area contributed by atoms with Crippen LogP contribution in [0.3, 0.4) is 0 Å². The Morgan fingerprint density at radius 1 is 1.38 bits per heavy atom. The van der Waals surface area contributed by atoms with Crippen molar-refractivity contribution in [1.29, 1.82) is 0 Å². The molecule has 90 valence electrons. The summed E-state index contributed by atoms with van der Waals surface area (Å²) in [7, 11) is 0. The lowest BCUT2D eigenvalue weighted by Crippen LogP contribution is -2.09. The highest BCUT2D eigenvalue weighted by Crippen LogP contribution is 1.91. The first kappa shape index (κ1) is 14.1. The van der Waals surface area contributed by atoms with Crippen molar-refractivity contribution in [2.75, 3.05) is 6.61 Å². The average molecular weight is 231 g/mol. The first-order chi connectivity index (χ1) is 7.56. The summed E-state index contributed by atoms with van der Waals surface area (Å²) < 4.78 is 4.54. The Morgan fingerprint density at radius 3 is 2.62 bits per heavy atom. The van der Waals surface area contributed by atoms with Gasteiger partial charge in [-0.1, -0.05) is 18.5 Å². The topological polar surface area (TPSA) is 102 Å². The molecule has 0 saturated heterocycles. The highest BCUT2D eigenvalue weighted by atomic mass is 16.8. The molecule has 0 aliphatic heterocycles. The lowest BCUT2D eigenvalue weighted by molar-refractivity contribution is -0.138. The Kier molecular flexibility index (Phi) is 7.39. The smallest absolute Gasteiger partial charge is 0.481 e. The molecule has 0 aromatic carbocycles. The molecule has 0 aromatic heterocycles. The van der Waals surface area contributed by atoms with E-state index in [9.17, 15) is 14.4 Å². The second-order valence-corrected chi connectivity index (χ2v) is 2.81. The normalized spacial score (nSPS) is 10.1. The van der Waals surface area contributed by atoms with Gasteiger partial charge in [0.05, 0.1) is 6.61 Å². The van der Waals surface area contributed by atoms with E-state index in [1.54, 1.807) is 0 Å². The lowest BCUT2D eigenvalue weighted by atomic mass is 10.3. The highest BCUT2D eigenvalue weighted by Gasteiger charge is 2.06. The van der Waals surface area contributed by atoms with Crippen LogP contribution in [0.25, 0.3) is 0 Å². The number of carboxylic acid groups (broad SMARTS) is 1. The predicted molar refractivity (Wildman–Crippen MR) is 53.1 cm³/mol. The van der Waals surface area contributed by atoms with Crippen LogP contribution in [0.2, 0.25) is 0 Å². The van der Waals surface area contributed by atoms with E-state index in [1.807, 2.05) is 6.92 Å². The van der Waals surface area contributed by atoms with Crippen LogP contribution in [0.5, 0.6) is 0 Å². The molecule has 1 N–H and O–H groups in total. The number of rotatable bonds is 7. The number of hydrogen-bond acceptors (Lipinski definition) is 6. The molecule has 0 aliphatic carbocycles. The molecule has 0 atom stereocenters. The van der Waals surface area contributed by atoms with Gasteiger partial charge in [-0.15, -0.1) is 0 Å². The molecule has 0 fully saturated rings. The van der Waals surface area contributed by atoms with Crippen molar-refractivity contribution in [3.05, 3.63) is 0 Å². The number of carbonyl (C=O) groups excluding carboxylic acids is 2. The summed E-state index contributed by atoms with van der Waals surface area (Å²) in [6.45, 7) is 2.14. The molecule has 7 nitrogen and oxygen atoms in total. The summed E-state index contributed by atoms with van der Waals surface area (Å²) in [6, 6.07) is 0. The zero-order chi connectivity index (χ0) is 12.4. The number of ether oxygens (including phenoxy) is 1. The van der Waals surface area contributed by atoms with Gasteiger partial charge in [-0.3, -0.25) is 14.4 Å². The highest BCUT2D eigenvalue weighted by molar-refractivity contribution is 6.30. The molecule has 0 saturated carbocycles. The van der Waals surface area contributed by atoms with E-state index in [4.69, 9.17) is 5.11 Å². The molecule has 0 aliphatic rings. The van der Waals surface area contributed by atoms with Crippen molar-refractivity contribution in [2.45, 2.75) is 26.2 Å². The number of aliphatic carboxylic acids is 1. The zero-order valence-corrected chi connectivity index (χ0v) is 8.84. The van der Waals surface area contributed by atoms with Gasteiger partial charge >= 0.3 is 12.1 Å². The Bertz CT molecular complexity index is 286. The maximum atomic E-state index is 10.7. The average Bonchev–Trinajstić information content (AvgIpc) is 2.17. The fourth-order valence-electron chi connectivity index (χ4n) is 0.649. The molecule has 0 spiro atoms. The van der Waals surface area contributed by atoms with E-state index in [0.717, 1.165) is 6.42 Å². The summed E-state index contributed by atoms with van der Waals surface area (Å²) in [5.74, 6) is -2.05. The standard InChI is InChI=1S/C9H13NO6/c1-2-3-4-15-9(14)16-10-6-7(11)5-8(12)13/h6H,2-5H2,1H3,(H,12,13). The summed E-state index contributed by atoms with van der Waals surface area (Å²) in [4.78, 5) is 35.7. The predicted octanol–water partition coefficient (Wildman–Crippen LogP) is 0.969. The van der Waals surface area contributed by atoms with Gasteiger partial charge in [-0.05, 0) is 6.42 Å². The van der Waals surface area contributed by atoms with Gasteiger partial charge in [-0.25, -0.2) is 4.79 Å². The molecule has 0 unspecified atom stereocenters. The van der Waals surface area contributed by atoms with Crippen LogP contribution >= 0.6 is 0 Å². The van der Waals surface area contributed by atoms with Crippen LogP contribution < -0.4 is 0 Å². The number of oxime groups is 1. The van der Waals surface area contributed by atoms with Gasteiger partial charge in [0.15, 0.2) is 5.78 Å². The summed E-state index contributed by atoms with van der Waals surface area (Å²) in [5.41, 5.74) is 0. The van der Waals surface area contributed by atoms with E-state index in [1.165, 1.54) is 0 Å². The summed E-state index contributed by atoms with van der Waals surface area (Å²) >= 11 is 0. The maximum absolute atomic E-state index is 10.7. The van der Waals surface area contributed by atoms with Crippen LogP contribution in [-0.2, 0) is 19.2 Å². The largest absolute Gasteiger partial charge is 0.535 e. The van der Waals surface area contributed by atoms with Gasteiger partial charge < -0.3 is 9.84 Å². The Labute approximate surface area is 92.0 Å². The Balaban J connectivity index is 3.69. The molecule has 16 heavy (non-hydrogen) atoms. The molecule has 0 radical (unpaired) electrons. The van der Waals surface area contributed by atoms with Crippen molar-refractivity contribution in [1.82, 2.24) is 0 Å². The monoisotopic (exact) mass is 231 g/mol. The summed E-state index contributed by atoms with van der Waals surface area (Å²) in [6.07, 6.45) is 0.477. The van der Waals surface area contributed by atoms with Crippen LogP contribution in [-0.4, -0.2) is 35.8 Å². The van der Waals surface area contributed by atoms with Crippen LogP contribution in [0.1, 0.15) is 26.2 Å². The molecule has 0 heterocycles. The molecule has 7 heteroatoms. The number of carboxylic acids is 1. The number of unbranched alkanes of at least 4 members (excludes halogenated alkanes) is 1. The third-order valence-electron chi connectivity index (χ3n) is 1.37. The van der Waals surface area contributed by atoms with Gasteiger partial charge in [0.1, 0.15) is 12.6 Å². The SMILES string of the molecule is CCCCOC(=O)ON=CC(=O)CC(=O)O. The second-order valence-electron chi connectivity index (χ2n) is 2.81. The minimum Gasteiger partial charge on any atom is -0.481 e. The fraction of sp³-hybridized carbons (Fsp3) is 0.556. The van der Waals surface area contributed by atoms with Gasteiger partial charge in [0.2, 0.25) is 0 Å². The van der Waals surface area contributed by atoms with E-state index in [2.05, 4.69) is 14.7 Å². The molecular formula is C9H13NO6. The van der Waals surface area contributed by atoms with E-state index in [0.29, 0.717) is 12.6 Å². The number of nitrogens with zero attached hydrogens (tertiary/aromatic N) is 1. The molecular weight excluding hydrogens is 218 g/mol. The number of ketones is 1. The molecule has 0 bridgehead atoms. The van der Waals surface area contributed by atoms with Crippen LogP contribution in [0.4, 0.5) is 4.79 Å². The molecule has 0 aromatic rings. The lowest BCUT2D eigenvalue weighted by Gasteiger charge is -1.99. The fourth-order valence-corrected chi connectivity index (χ4v) is 0.649. The Hall–Kier alpha value is -1.92. The molecule has 0 rings (SSSR count). The van der Waals surface area contributed by atoms with Crippen LogP contribution in [0.15, 0.2) is 5.16 Å². The second kappa shape index (κ2) is 8.39. The third-order valence-corrected chi connectivity index (χ3v) is 1.37. The van der Waals surface area contributed by atoms with Gasteiger partial charge in [-0.2, -0.15) is 0 Å². The van der Waals surface area contributed by atoms with Crippen molar-refractivity contribution in [3.8, 4) is 0 Å². The quantitative estimate of drug-likeness (QED) is 0.175. The molecule has 0 amide bonds. The van der Waals surface area contributed by atoms with E-state index < -0.39 is 24.3 Å². The van der Waals surface area contributed by atoms with Crippen molar-refractivity contribution >= 4 is 24.1 Å². The number of carbonyl (C=O) groups is 3. The minimum absolute atomic E-state index is 0.216. The van der Waals surface area contributed by atoms with Crippen LogP contribution in [0, 0.1) is 0 Å². The van der Waals surface area contributed by atoms with Gasteiger partial charge in [0.25, 0.3) is 0 Å². The van der Waals surface area contributed by atoms with E-state index >= 15 is 0 Å². The van der Waals surface area contributed by atoms with Gasteiger partial charge in [0, 0.05) is 0 Å². The number of hydrogen-bond donors (Lipinski definition) is 1. The number of Topliss-reactive ketones (excluding diaryl/α,β-unsaturated/α-hetero) is 1.